The van der Waals surface area contributed by atoms with Crippen LogP contribution < -0.4 is 4.72 Å². The van der Waals surface area contributed by atoms with Crippen LogP contribution in [-0.4, -0.2) is 44.6 Å². The van der Waals surface area contributed by atoms with E-state index in [4.69, 9.17) is 0 Å². The van der Waals surface area contributed by atoms with E-state index in [0.717, 1.165) is 31.1 Å². The molecule has 2 aliphatic rings. The predicted octanol–water partition coefficient (Wildman–Crippen LogP) is 3.67. The van der Waals surface area contributed by atoms with E-state index < -0.39 is 21.7 Å². The summed E-state index contributed by atoms with van der Waals surface area (Å²) >= 11 is 0. The molecule has 3 atom stereocenters. The van der Waals surface area contributed by atoms with Crippen molar-refractivity contribution in [1.82, 2.24) is 9.62 Å². The molecule has 4 rings (SSSR count). The number of hydrogen-bond acceptors (Lipinski definition) is 3. The molecule has 31 heavy (non-hydrogen) atoms. The van der Waals surface area contributed by atoms with E-state index in [0.29, 0.717) is 18.5 Å². The van der Waals surface area contributed by atoms with E-state index in [1.807, 2.05) is 12.1 Å². The highest BCUT2D eigenvalue weighted by molar-refractivity contribution is 7.88. The van der Waals surface area contributed by atoms with E-state index in [1.54, 1.807) is 17.0 Å². The Bertz CT molecular complexity index is 1070. The van der Waals surface area contributed by atoms with Gasteiger partial charge in [0, 0.05) is 25.0 Å². The minimum absolute atomic E-state index is 0.00573. The molecule has 1 aliphatic heterocycles. The molecule has 1 N–H and O–H groups in total. The number of amides is 1. The Balaban J connectivity index is 1.54. The summed E-state index contributed by atoms with van der Waals surface area (Å²) in [5.74, 6) is -1.62. The molecule has 1 aliphatic carbocycles. The van der Waals surface area contributed by atoms with Gasteiger partial charge >= 0.3 is 0 Å². The Morgan fingerprint density at radius 3 is 2.52 bits per heavy atom. The van der Waals surface area contributed by atoms with Crippen molar-refractivity contribution in [2.75, 3.05) is 19.3 Å². The van der Waals surface area contributed by atoms with Gasteiger partial charge in [-0.05, 0) is 54.9 Å². The molecule has 0 spiro atoms. The fraction of sp³-hybridized carbons (Fsp3) is 0.435. The zero-order chi connectivity index (χ0) is 22.2. The van der Waals surface area contributed by atoms with E-state index in [-0.39, 0.29) is 35.9 Å². The van der Waals surface area contributed by atoms with E-state index in [1.165, 1.54) is 18.2 Å². The van der Waals surface area contributed by atoms with Gasteiger partial charge in [-0.1, -0.05) is 30.3 Å². The van der Waals surface area contributed by atoms with Gasteiger partial charge in [-0.3, -0.25) is 4.79 Å². The smallest absolute Gasteiger partial charge is 0.226 e. The Hall–Kier alpha value is -2.32. The summed E-state index contributed by atoms with van der Waals surface area (Å²) in [5.41, 5.74) is 1.18. The normalized spacial score (nSPS) is 23.6. The van der Waals surface area contributed by atoms with Crippen LogP contribution in [0.15, 0.2) is 42.5 Å². The second-order valence-corrected chi connectivity index (χ2v) is 10.3. The SMILES string of the molecule is CS(=O)(=O)NC[C@H]1CCCCN1C(=O)[C@@H]1C[C@H]1c1ccccc1-c1c(F)cccc1F. The number of likely N-dealkylation sites (tertiary alicyclic amines) is 1. The van der Waals surface area contributed by atoms with Crippen LogP contribution in [0, 0.1) is 17.6 Å². The average molecular weight is 449 g/mol. The number of nitrogens with one attached hydrogen (secondary N) is 1. The van der Waals surface area contributed by atoms with Crippen LogP contribution in [0.3, 0.4) is 0 Å². The second kappa shape index (κ2) is 8.67. The highest BCUT2D eigenvalue weighted by atomic mass is 32.2. The number of rotatable bonds is 6. The standard InChI is InChI=1S/C23H26F2N2O3S/c1-31(29,30)26-14-15-7-4-5-12-27(15)23(28)19-13-18(19)16-8-2-3-9-17(16)22-20(24)10-6-11-21(22)25/h2-3,6,8-11,15,18-19,26H,4-5,7,12-14H2,1H3/t15-,18+,19-/m1/s1. The summed E-state index contributed by atoms with van der Waals surface area (Å²) in [4.78, 5) is 15.1. The van der Waals surface area contributed by atoms with Gasteiger partial charge in [0.05, 0.1) is 11.8 Å². The van der Waals surface area contributed by atoms with Gasteiger partial charge in [0.15, 0.2) is 0 Å². The molecule has 8 heteroatoms. The average Bonchev–Trinajstić information content (AvgIpc) is 3.52. The molecule has 1 heterocycles. The summed E-state index contributed by atoms with van der Waals surface area (Å²) in [6.45, 7) is 0.806. The van der Waals surface area contributed by atoms with Crippen molar-refractivity contribution in [2.45, 2.75) is 37.6 Å². The minimum atomic E-state index is -3.33. The number of carbonyl (C=O) groups excluding carboxylic acids is 1. The molecule has 2 aromatic rings. The maximum absolute atomic E-state index is 14.4. The van der Waals surface area contributed by atoms with E-state index in [2.05, 4.69) is 4.72 Å². The van der Waals surface area contributed by atoms with Crippen LogP contribution in [0.5, 0.6) is 0 Å². The zero-order valence-electron chi connectivity index (χ0n) is 17.4. The van der Waals surface area contributed by atoms with Crippen molar-refractivity contribution < 1.29 is 22.0 Å². The Morgan fingerprint density at radius 1 is 1.10 bits per heavy atom. The van der Waals surface area contributed by atoms with E-state index >= 15 is 0 Å². The van der Waals surface area contributed by atoms with Crippen molar-refractivity contribution in [3.05, 3.63) is 59.7 Å². The number of benzene rings is 2. The Kier molecular flexibility index (Phi) is 6.12. The van der Waals surface area contributed by atoms with Crippen LogP contribution >= 0.6 is 0 Å². The molecule has 1 saturated heterocycles. The van der Waals surface area contributed by atoms with Crippen molar-refractivity contribution in [1.29, 1.82) is 0 Å². The number of hydrogen-bond donors (Lipinski definition) is 1. The number of carbonyl (C=O) groups is 1. The predicted molar refractivity (Wildman–Crippen MR) is 115 cm³/mol. The molecule has 0 unspecified atom stereocenters. The van der Waals surface area contributed by atoms with Crippen LogP contribution in [0.4, 0.5) is 8.78 Å². The molecule has 1 saturated carbocycles. The molecular formula is C23H26F2N2O3S. The third-order valence-electron chi connectivity index (χ3n) is 6.19. The molecule has 0 aromatic heterocycles. The second-order valence-electron chi connectivity index (χ2n) is 8.43. The summed E-state index contributed by atoms with van der Waals surface area (Å²) in [6.07, 6.45) is 4.31. The fourth-order valence-electron chi connectivity index (χ4n) is 4.58. The molecule has 166 valence electrons. The van der Waals surface area contributed by atoms with Crippen molar-refractivity contribution >= 4 is 15.9 Å². The molecule has 0 radical (unpaired) electrons. The topological polar surface area (TPSA) is 66.5 Å². The first kappa shape index (κ1) is 21.9. The van der Waals surface area contributed by atoms with Gasteiger partial charge in [-0.15, -0.1) is 0 Å². The summed E-state index contributed by atoms with van der Waals surface area (Å²) in [5, 5.41) is 0. The van der Waals surface area contributed by atoms with Crippen LogP contribution in [-0.2, 0) is 14.8 Å². The molecule has 1 amide bonds. The first-order chi connectivity index (χ1) is 14.8. The Labute approximate surface area is 181 Å². The molecule has 2 fully saturated rings. The molecule has 5 nitrogen and oxygen atoms in total. The van der Waals surface area contributed by atoms with E-state index in [9.17, 15) is 22.0 Å². The van der Waals surface area contributed by atoms with Crippen LogP contribution in [0.2, 0.25) is 0 Å². The lowest BCUT2D eigenvalue weighted by Crippen LogP contribution is -2.49. The maximum atomic E-state index is 14.4. The minimum Gasteiger partial charge on any atom is -0.338 e. The highest BCUT2D eigenvalue weighted by Crippen LogP contribution is 2.52. The van der Waals surface area contributed by atoms with Crippen molar-refractivity contribution in [2.24, 2.45) is 5.92 Å². The number of sulfonamides is 1. The van der Waals surface area contributed by atoms with Gasteiger partial charge < -0.3 is 4.90 Å². The molecular weight excluding hydrogens is 422 g/mol. The largest absolute Gasteiger partial charge is 0.338 e. The first-order valence-corrected chi connectivity index (χ1v) is 12.4. The third-order valence-corrected chi connectivity index (χ3v) is 6.88. The van der Waals surface area contributed by atoms with Gasteiger partial charge in [-0.2, -0.15) is 0 Å². The lowest BCUT2D eigenvalue weighted by molar-refractivity contribution is -0.136. The monoisotopic (exact) mass is 448 g/mol. The van der Waals surface area contributed by atoms with Gasteiger partial charge in [0.1, 0.15) is 11.6 Å². The fourth-order valence-corrected chi connectivity index (χ4v) is 5.07. The summed E-state index contributed by atoms with van der Waals surface area (Å²) in [7, 11) is -3.33. The maximum Gasteiger partial charge on any atom is 0.226 e. The lowest BCUT2D eigenvalue weighted by atomic mass is 9.94. The van der Waals surface area contributed by atoms with Gasteiger partial charge in [0.2, 0.25) is 15.9 Å². The summed E-state index contributed by atoms with van der Waals surface area (Å²) in [6, 6.07) is 10.7. The third kappa shape index (κ3) is 4.80. The van der Waals surface area contributed by atoms with Crippen LogP contribution in [0.25, 0.3) is 11.1 Å². The summed E-state index contributed by atoms with van der Waals surface area (Å²) < 4.78 is 54.3. The van der Waals surface area contributed by atoms with Crippen molar-refractivity contribution in [3.8, 4) is 11.1 Å². The number of nitrogens with zero attached hydrogens (tertiary/aromatic N) is 1. The number of halogens is 2. The lowest BCUT2D eigenvalue weighted by Gasteiger charge is -2.36. The van der Waals surface area contributed by atoms with Gasteiger partial charge in [0.25, 0.3) is 0 Å². The van der Waals surface area contributed by atoms with Crippen molar-refractivity contribution in [3.63, 3.8) is 0 Å². The van der Waals surface area contributed by atoms with Crippen LogP contribution in [0.1, 0.15) is 37.2 Å². The zero-order valence-corrected chi connectivity index (χ0v) is 18.2. The quantitative estimate of drug-likeness (QED) is 0.733. The highest BCUT2D eigenvalue weighted by Gasteiger charge is 2.48. The molecule has 0 bridgehead atoms. The number of piperidine rings is 1. The Morgan fingerprint density at radius 2 is 1.81 bits per heavy atom. The molecule has 2 aromatic carbocycles. The van der Waals surface area contributed by atoms with Gasteiger partial charge in [-0.25, -0.2) is 21.9 Å². The first-order valence-electron chi connectivity index (χ1n) is 10.5.